The molecule has 9 nitrogen and oxygen atoms in total. The maximum Gasteiger partial charge on any atom is 0.267 e. The molecule has 0 spiro atoms. The lowest BCUT2D eigenvalue weighted by molar-refractivity contribution is 0.0938. The van der Waals surface area contributed by atoms with E-state index in [1.54, 1.807) is 62.1 Å². The van der Waals surface area contributed by atoms with Gasteiger partial charge in [0.05, 0.1) is 28.3 Å². The highest BCUT2D eigenvalue weighted by Gasteiger charge is 2.24. The molecule has 9 heteroatoms. The first-order chi connectivity index (χ1) is 18.0. The van der Waals surface area contributed by atoms with E-state index in [0.717, 1.165) is 0 Å². The van der Waals surface area contributed by atoms with Crippen molar-refractivity contribution < 1.29 is 9.53 Å². The zero-order chi connectivity index (χ0) is 25.9. The van der Waals surface area contributed by atoms with Crippen molar-refractivity contribution in [2.24, 2.45) is 0 Å². The summed E-state index contributed by atoms with van der Waals surface area (Å²) in [5.74, 6) is 5.96. The average molecular weight is 493 g/mol. The molecule has 184 valence electrons. The highest BCUT2D eigenvalue weighted by molar-refractivity contribution is 6.01. The summed E-state index contributed by atoms with van der Waals surface area (Å²) in [6.07, 6.45) is 3.35. The van der Waals surface area contributed by atoms with E-state index in [9.17, 15) is 9.59 Å². The number of nitrogens with one attached hydrogen (secondary N) is 1. The second kappa shape index (κ2) is 10.0. The van der Waals surface area contributed by atoms with Crippen LogP contribution in [0.5, 0.6) is 0 Å². The molecule has 1 atom stereocenters. The van der Waals surface area contributed by atoms with Gasteiger partial charge in [0.25, 0.3) is 11.5 Å². The molecule has 1 amide bonds. The number of amides is 1. The van der Waals surface area contributed by atoms with Gasteiger partial charge in [-0.25, -0.2) is 14.5 Å². The number of fused-ring (bicyclic) bond motifs is 2. The van der Waals surface area contributed by atoms with E-state index in [0.29, 0.717) is 44.9 Å². The smallest absolute Gasteiger partial charge is 0.267 e. The summed E-state index contributed by atoms with van der Waals surface area (Å²) in [6.45, 7) is 3.80. The lowest BCUT2D eigenvalue weighted by Crippen LogP contribution is -2.33. The van der Waals surface area contributed by atoms with Gasteiger partial charge in [0, 0.05) is 25.1 Å². The minimum absolute atomic E-state index is 0.246. The van der Waals surface area contributed by atoms with Crippen LogP contribution in [-0.4, -0.2) is 43.8 Å². The van der Waals surface area contributed by atoms with Gasteiger partial charge < -0.3 is 10.1 Å². The summed E-state index contributed by atoms with van der Waals surface area (Å²) < 4.78 is 8.12. The van der Waals surface area contributed by atoms with Crippen LogP contribution in [0.2, 0.25) is 0 Å². The van der Waals surface area contributed by atoms with Gasteiger partial charge in [0.2, 0.25) is 0 Å². The zero-order valence-corrected chi connectivity index (χ0v) is 20.6. The summed E-state index contributed by atoms with van der Waals surface area (Å²) in [6, 6.07) is 15.7. The number of aryl methyl sites for hydroxylation is 1. The Hall–Kier alpha value is -4.81. The monoisotopic (exact) mass is 492 g/mol. The third-order valence-corrected chi connectivity index (χ3v) is 5.91. The lowest BCUT2D eigenvalue weighted by Gasteiger charge is -2.20. The standard InChI is InChI=1S/C28H24N6O3/c1-18-23(26-29-15-9-16-33(26)32-18)27(35)30-19(2)25-31-22-14-7-10-20(11-8-17-37-3)24(22)28(36)34(25)21-12-5-4-6-13-21/h4-7,9-10,12-16,19H,17H2,1-3H3,(H,30,35)/t19-/m1/s1. The number of hydrogen-bond donors (Lipinski definition) is 1. The molecule has 0 aliphatic rings. The molecular formula is C28H24N6O3. The quantitative estimate of drug-likeness (QED) is 0.378. The second-order valence-corrected chi connectivity index (χ2v) is 8.42. The molecule has 0 aliphatic carbocycles. The SMILES string of the molecule is COCC#Cc1cccc2nc([C@@H](C)NC(=O)c3c(C)nn4cccnc34)n(-c3ccccc3)c(=O)c12. The Bertz CT molecular complexity index is 1740. The van der Waals surface area contributed by atoms with Crippen LogP contribution in [0.25, 0.3) is 22.2 Å². The van der Waals surface area contributed by atoms with Crippen LogP contribution in [0.15, 0.2) is 71.8 Å². The van der Waals surface area contributed by atoms with Crippen LogP contribution in [-0.2, 0) is 4.74 Å². The molecule has 5 rings (SSSR count). The first kappa shape index (κ1) is 23.9. The Morgan fingerprint density at radius 3 is 2.73 bits per heavy atom. The third kappa shape index (κ3) is 4.46. The highest BCUT2D eigenvalue weighted by atomic mass is 16.5. The first-order valence-electron chi connectivity index (χ1n) is 11.7. The van der Waals surface area contributed by atoms with Crippen molar-refractivity contribution >= 4 is 22.5 Å². The molecule has 0 fully saturated rings. The molecule has 3 aromatic heterocycles. The van der Waals surface area contributed by atoms with E-state index in [4.69, 9.17) is 9.72 Å². The maximum absolute atomic E-state index is 13.9. The van der Waals surface area contributed by atoms with Gasteiger partial charge in [0.15, 0.2) is 5.65 Å². The fraction of sp³-hybridized carbons (Fsp3) is 0.179. The number of aromatic nitrogens is 5. The topological polar surface area (TPSA) is 103 Å². The van der Waals surface area contributed by atoms with E-state index in [1.807, 2.05) is 30.3 Å². The lowest BCUT2D eigenvalue weighted by atomic mass is 10.1. The molecule has 5 aromatic rings. The highest BCUT2D eigenvalue weighted by Crippen LogP contribution is 2.21. The van der Waals surface area contributed by atoms with E-state index < -0.39 is 6.04 Å². The van der Waals surface area contributed by atoms with E-state index >= 15 is 0 Å². The van der Waals surface area contributed by atoms with E-state index in [-0.39, 0.29) is 18.1 Å². The summed E-state index contributed by atoms with van der Waals surface area (Å²) in [4.78, 5) is 36.5. The van der Waals surface area contributed by atoms with Crippen LogP contribution in [0.3, 0.4) is 0 Å². The van der Waals surface area contributed by atoms with Crippen molar-refractivity contribution in [2.45, 2.75) is 19.9 Å². The van der Waals surface area contributed by atoms with Gasteiger partial charge in [-0.3, -0.25) is 14.2 Å². The van der Waals surface area contributed by atoms with Gasteiger partial charge >= 0.3 is 0 Å². The number of ether oxygens (including phenoxy) is 1. The van der Waals surface area contributed by atoms with Crippen molar-refractivity contribution in [3.8, 4) is 17.5 Å². The molecule has 0 aliphatic heterocycles. The second-order valence-electron chi connectivity index (χ2n) is 8.42. The Kier molecular flexibility index (Phi) is 6.49. The molecule has 0 saturated heterocycles. The maximum atomic E-state index is 13.9. The van der Waals surface area contributed by atoms with Crippen molar-refractivity contribution in [3.05, 3.63) is 100.0 Å². The molecule has 37 heavy (non-hydrogen) atoms. The number of carbonyl (C=O) groups is 1. The fourth-order valence-corrected chi connectivity index (χ4v) is 4.27. The molecule has 0 radical (unpaired) electrons. The van der Waals surface area contributed by atoms with Gasteiger partial charge in [-0.2, -0.15) is 5.10 Å². The first-order valence-corrected chi connectivity index (χ1v) is 11.7. The van der Waals surface area contributed by atoms with Crippen LogP contribution < -0.4 is 10.9 Å². The van der Waals surface area contributed by atoms with Crippen LogP contribution in [0.4, 0.5) is 0 Å². The number of benzene rings is 2. The Labute approximate surface area is 212 Å². The largest absolute Gasteiger partial charge is 0.372 e. The van der Waals surface area contributed by atoms with Crippen LogP contribution in [0.1, 0.15) is 40.4 Å². The predicted octanol–water partition coefficient (Wildman–Crippen LogP) is 3.23. The minimum atomic E-state index is -0.619. The van der Waals surface area contributed by atoms with Crippen LogP contribution in [0, 0.1) is 18.8 Å². The van der Waals surface area contributed by atoms with Crippen molar-refractivity contribution in [3.63, 3.8) is 0 Å². The minimum Gasteiger partial charge on any atom is -0.372 e. The van der Waals surface area contributed by atoms with Gasteiger partial charge in [-0.15, -0.1) is 0 Å². The van der Waals surface area contributed by atoms with E-state index in [1.165, 1.54) is 4.57 Å². The number of para-hydroxylation sites is 1. The number of methoxy groups -OCH3 is 1. The Morgan fingerprint density at radius 2 is 1.95 bits per heavy atom. The number of carbonyl (C=O) groups excluding carboxylic acids is 1. The molecule has 0 saturated carbocycles. The fourth-order valence-electron chi connectivity index (χ4n) is 4.27. The van der Waals surface area contributed by atoms with Crippen molar-refractivity contribution in [2.75, 3.05) is 13.7 Å². The zero-order valence-electron chi connectivity index (χ0n) is 20.6. The van der Waals surface area contributed by atoms with Gasteiger partial charge in [0.1, 0.15) is 18.0 Å². The van der Waals surface area contributed by atoms with Crippen molar-refractivity contribution in [1.29, 1.82) is 0 Å². The molecule has 2 aromatic carbocycles. The van der Waals surface area contributed by atoms with E-state index in [2.05, 4.69) is 27.2 Å². The Balaban J connectivity index is 1.64. The summed E-state index contributed by atoms with van der Waals surface area (Å²) >= 11 is 0. The molecule has 0 bridgehead atoms. The number of nitrogens with zero attached hydrogens (tertiary/aromatic N) is 5. The molecule has 1 N–H and O–H groups in total. The third-order valence-electron chi connectivity index (χ3n) is 5.91. The normalized spacial score (nSPS) is 11.8. The molecular weight excluding hydrogens is 468 g/mol. The number of rotatable bonds is 5. The van der Waals surface area contributed by atoms with Crippen LogP contribution >= 0.6 is 0 Å². The Morgan fingerprint density at radius 1 is 1.14 bits per heavy atom. The van der Waals surface area contributed by atoms with Gasteiger partial charge in [-0.05, 0) is 44.2 Å². The summed E-state index contributed by atoms with van der Waals surface area (Å²) in [7, 11) is 1.56. The van der Waals surface area contributed by atoms with Gasteiger partial charge in [-0.1, -0.05) is 36.1 Å². The average Bonchev–Trinajstić information content (AvgIpc) is 3.24. The summed E-state index contributed by atoms with van der Waals surface area (Å²) in [5, 5.41) is 7.77. The summed E-state index contributed by atoms with van der Waals surface area (Å²) in [5.41, 5.74) is 2.79. The molecule has 0 unspecified atom stereocenters. The predicted molar refractivity (Wildman–Crippen MR) is 140 cm³/mol. The number of hydrogen-bond acceptors (Lipinski definition) is 6. The van der Waals surface area contributed by atoms with Crippen molar-refractivity contribution in [1.82, 2.24) is 29.5 Å². The molecule has 3 heterocycles.